The predicted molar refractivity (Wildman–Crippen MR) is 75.3 cm³/mol. The van der Waals surface area contributed by atoms with Crippen molar-refractivity contribution in [3.8, 4) is 5.75 Å². The molecule has 0 aliphatic rings. The number of nitrogens with one attached hydrogen (secondary N) is 1. The molecule has 0 fully saturated rings. The summed E-state index contributed by atoms with van der Waals surface area (Å²) in [6.07, 6.45) is 0.905. The van der Waals surface area contributed by atoms with Crippen LogP contribution in [0.1, 0.15) is 22.3 Å². The molecule has 18 heavy (non-hydrogen) atoms. The Morgan fingerprint density at radius 1 is 1.44 bits per heavy atom. The largest absolute Gasteiger partial charge is 0.497 e. The first-order valence-electron chi connectivity index (χ1n) is 5.95. The van der Waals surface area contributed by atoms with Gasteiger partial charge in [0.1, 0.15) is 5.75 Å². The Bertz CT molecular complexity index is 510. The quantitative estimate of drug-likeness (QED) is 0.899. The van der Waals surface area contributed by atoms with Crippen LogP contribution < -0.4 is 10.1 Å². The van der Waals surface area contributed by atoms with Gasteiger partial charge in [-0.2, -0.15) is 0 Å². The van der Waals surface area contributed by atoms with Crippen molar-refractivity contribution >= 4 is 11.3 Å². The van der Waals surface area contributed by atoms with Crippen LogP contribution in [0.5, 0.6) is 5.75 Å². The molecule has 1 aromatic heterocycles. The van der Waals surface area contributed by atoms with Gasteiger partial charge in [-0.3, -0.25) is 0 Å². The summed E-state index contributed by atoms with van der Waals surface area (Å²) in [7, 11) is 3.67. The molecule has 1 aromatic carbocycles. The Hall–Kier alpha value is -1.39. The number of rotatable bonds is 5. The highest BCUT2D eigenvalue weighted by Gasteiger charge is 2.12. The van der Waals surface area contributed by atoms with E-state index >= 15 is 0 Å². The Labute approximate surface area is 112 Å². The number of thiazole rings is 1. The first kappa shape index (κ1) is 13.1. The summed E-state index contributed by atoms with van der Waals surface area (Å²) in [6, 6.07) is 8.44. The van der Waals surface area contributed by atoms with Crippen molar-refractivity contribution < 1.29 is 4.74 Å². The van der Waals surface area contributed by atoms with Crippen LogP contribution in [-0.4, -0.2) is 19.1 Å². The van der Waals surface area contributed by atoms with Gasteiger partial charge in [0.25, 0.3) is 0 Å². The van der Waals surface area contributed by atoms with Crippen LogP contribution in [0.2, 0.25) is 0 Å². The molecule has 0 aliphatic heterocycles. The van der Waals surface area contributed by atoms with Gasteiger partial charge in [-0.1, -0.05) is 12.1 Å². The molecule has 1 N–H and O–H groups in total. The lowest BCUT2D eigenvalue weighted by Crippen LogP contribution is -2.18. The second-order valence-corrected chi connectivity index (χ2v) is 5.15. The number of nitrogens with zero attached hydrogens (tertiary/aromatic N) is 1. The maximum atomic E-state index is 5.26. The lowest BCUT2D eigenvalue weighted by molar-refractivity contribution is 0.413. The molecule has 0 saturated carbocycles. The molecule has 4 heteroatoms. The van der Waals surface area contributed by atoms with Gasteiger partial charge in [0, 0.05) is 23.5 Å². The highest BCUT2D eigenvalue weighted by atomic mass is 32.1. The van der Waals surface area contributed by atoms with Gasteiger partial charge >= 0.3 is 0 Å². The van der Waals surface area contributed by atoms with Crippen LogP contribution in [0.25, 0.3) is 0 Å². The third-order valence-corrected chi connectivity index (χ3v) is 3.88. The van der Waals surface area contributed by atoms with Gasteiger partial charge in [0.2, 0.25) is 0 Å². The van der Waals surface area contributed by atoms with Crippen molar-refractivity contribution in [1.29, 1.82) is 0 Å². The predicted octanol–water partition coefficient (Wildman–Crippen LogP) is 2.96. The summed E-state index contributed by atoms with van der Waals surface area (Å²) in [5, 5.41) is 6.59. The minimum atomic E-state index is 0.269. The lowest BCUT2D eigenvalue weighted by atomic mass is 10.0. The van der Waals surface area contributed by atoms with Crippen molar-refractivity contribution in [2.75, 3.05) is 14.2 Å². The molecule has 3 nitrogen and oxygen atoms in total. The van der Waals surface area contributed by atoms with Crippen LogP contribution >= 0.6 is 11.3 Å². The first-order valence-corrected chi connectivity index (χ1v) is 6.83. The van der Waals surface area contributed by atoms with E-state index < -0.39 is 0 Å². The van der Waals surface area contributed by atoms with Crippen LogP contribution in [0.3, 0.4) is 0 Å². The number of aryl methyl sites for hydroxylation is 1. The Balaban J connectivity index is 2.17. The fraction of sp³-hybridized carbons (Fsp3) is 0.357. The second kappa shape index (κ2) is 5.98. The van der Waals surface area contributed by atoms with E-state index in [1.807, 2.05) is 26.1 Å². The summed E-state index contributed by atoms with van der Waals surface area (Å²) in [5.74, 6) is 0.892. The zero-order valence-corrected chi connectivity index (χ0v) is 11.8. The van der Waals surface area contributed by atoms with Gasteiger partial charge in [-0.25, -0.2) is 4.98 Å². The molecule has 1 unspecified atom stereocenters. The molecule has 1 heterocycles. The molecule has 0 radical (unpaired) electrons. The highest BCUT2D eigenvalue weighted by Crippen LogP contribution is 2.23. The molecule has 0 bridgehead atoms. The number of likely N-dealkylation sites (N-methyl/N-ethyl adjacent to an activating group) is 1. The Morgan fingerprint density at radius 2 is 2.28 bits per heavy atom. The van der Waals surface area contributed by atoms with E-state index in [9.17, 15) is 0 Å². The number of methoxy groups -OCH3 is 1. The van der Waals surface area contributed by atoms with Gasteiger partial charge in [0.15, 0.2) is 0 Å². The summed E-state index contributed by atoms with van der Waals surface area (Å²) in [6.45, 7) is 2.03. The maximum Gasteiger partial charge on any atom is 0.119 e. The fourth-order valence-corrected chi connectivity index (χ4v) is 2.73. The van der Waals surface area contributed by atoms with Crippen molar-refractivity contribution in [2.24, 2.45) is 0 Å². The smallest absolute Gasteiger partial charge is 0.119 e. The minimum Gasteiger partial charge on any atom is -0.497 e. The maximum absolute atomic E-state index is 5.26. The molecular formula is C14H18N2OS. The third kappa shape index (κ3) is 3.09. The van der Waals surface area contributed by atoms with E-state index in [-0.39, 0.29) is 6.04 Å². The fourth-order valence-electron chi connectivity index (χ4n) is 1.92. The SMILES string of the molecule is CNC(Cc1nc(C)cs1)c1cccc(OC)c1. The normalized spacial score (nSPS) is 12.4. The summed E-state index contributed by atoms with van der Waals surface area (Å²) in [4.78, 5) is 4.51. The topological polar surface area (TPSA) is 34.2 Å². The Kier molecular flexibility index (Phi) is 4.33. The van der Waals surface area contributed by atoms with Crippen LogP contribution in [0, 0.1) is 6.92 Å². The van der Waals surface area contributed by atoms with Gasteiger partial charge in [-0.05, 0) is 31.7 Å². The van der Waals surface area contributed by atoms with E-state index in [2.05, 4.69) is 27.8 Å². The molecule has 0 amide bonds. The van der Waals surface area contributed by atoms with E-state index in [1.165, 1.54) is 5.56 Å². The number of aromatic nitrogens is 1. The summed E-state index contributed by atoms with van der Waals surface area (Å²) < 4.78 is 5.26. The molecule has 2 aromatic rings. The Morgan fingerprint density at radius 3 is 2.89 bits per heavy atom. The van der Waals surface area contributed by atoms with Crippen LogP contribution in [0.4, 0.5) is 0 Å². The minimum absolute atomic E-state index is 0.269. The monoisotopic (exact) mass is 262 g/mol. The van der Waals surface area contributed by atoms with E-state index in [1.54, 1.807) is 18.4 Å². The van der Waals surface area contributed by atoms with Gasteiger partial charge in [-0.15, -0.1) is 11.3 Å². The molecule has 1 atom stereocenters. The zero-order chi connectivity index (χ0) is 13.0. The van der Waals surface area contributed by atoms with Crippen molar-refractivity contribution in [2.45, 2.75) is 19.4 Å². The van der Waals surface area contributed by atoms with E-state index in [4.69, 9.17) is 4.74 Å². The molecule has 96 valence electrons. The molecular weight excluding hydrogens is 244 g/mol. The van der Waals surface area contributed by atoms with Crippen LogP contribution in [-0.2, 0) is 6.42 Å². The third-order valence-electron chi connectivity index (χ3n) is 2.89. The van der Waals surface area contributed by atoms with Crippen molar-refractivity contribution in [3.05, 3.63) is 45.9 Å². The number of hydrogen-bond donors (Lipinski definition) is 1. The molecule has 2 rings (SSSR count). The summed E-state index contributed by atoms with van der Waals surface area (Å²) in [5.41, 5.74) is 2.32. The van der Waals surface area contributed by atoms with Crippen LogP contribution in [0.15, 0.2) is 29.6 Å². The van der Waals surface area contributed by atoms with E-state index in [0.717, 1.165) is 22.9 Å². The second-order valence-electron chi connectivity index (χ2n) is 4.20. The van der Waals surface area contributed by atoms with Gasteiger partial charge in [0.05, 0.1) is 12.1 Å². The van der Waals surface area contributed by atoms with Crippen molar-refractivity contribution in [3.63, 3.8) is 0 Å². The average Bonchev–Trinajstić information content (AvgIpc) is 2.81. The lowest BCUT2D eigenvalue weighted by Gasteiger charge is -2.16. The summed E-state index contributed by atoms with van der Waals surface area (Å²) >= 11 is 1.72. The van der Waals surface area contributed by atoms with Crippen molar-refractivity contribution in [1.82, 2.24) is 10.3 Å². The highest BCUT2D eigenvalue weighted by molar-refractivity contribution is 7.09. The number of ether oxygens (including phenoxy) is 1. The first-order chi connectivity index (χ1) is 8.72. The molecule has 0 spiro atoms. The number of benzene rings is 1. The average molecular weight is 262 g/mol. The molecule has 0 aliphatic carbocycles. The van der Waals surface area contributed by atoms with Gasteiger partial charge < -0.3 is 10.1 Å². The zero-order valence-electron chi connectivity index (χ0n) is 10.9. The number of hydrogen-bond acceptors (Lipinski definition) is 4. The standard InChI is InChI=1S/C14H18N2OS/c1-10-9-18-14(16-10)8-13(15-2)11-5-4-6-12(7-11)17-3/h4-7,9,13,15H,8H2,1-3H3. The molecule has 0 saturated heterocycles. The van der Waals surface area contributed by atoms with E-state index in [0.29, 0.717) is 0 Å².